The minimum absolute atomic E-state index is 0.172. The number of hydrogen-bond acceptors (Lipinski definition) is 14. The number of aliphatic hydroxyl groups is 1. The molecule has 7 rings (SSSR count). The smallest absolute Gasteiger partial charge is 0.309 e. The van der Waals surface area contributed by atoms with Gasteiger partial charge in [0.25, 0.3) is 0 Å². The van der Waals surface area contributed by atoms with E-state index in [1.807, 2.05) is 0 Å². The van der Waals surface area contributed by atoms with Crippen molar-refractivity contribution in [3.63, 3.8) is 0 Å². The summed E-state index contributed by atoms with van der Waals surface area (Å²) in [6.07, 6.45) is -8.59. The topological polar surface area (TPSA) is 251 Å². The van der Waals surface area contributed by atoms with Crippen LogP contribution in [0.5, 0.6) is 23.0 Å². The van der Waals surface area contributed by atoms with Crippen molar-refractivity contribution in [2.45, 2.75) is 63.3 Å². The van der Waals surface area contributed by atoms with E-state index in [4.69, 9.17) is 14.2 Å². The molecule has 5 aliphatic rings. The zero-order valence-corrected chi connectivity index (χ0v) is 24.4. The maximum Gasteiger partial charge on any atom is 0.309 e. The molecule has 0 saturated carbocycles. The molecule has 1 saturated heterocycles. The fourth-order valence-electron chi connectivity index (χ4n) is 7.19. The predicted octanol–water partition coefficient (Wildman–Crippen LogP) is 1.25. The summed E-state index contributed by atoms with van der Waals surface area (Å²) < 4.78 is 16.5. The average Bonchev–Trinajstić information content (AvgIpc) is 3.36. The Morgan fingerprint density at radius 2 is 1.19 bits per heavy atom. The number of ketones is 4. The summed E-state index contributed by atoms with van der Waals surface area (Å²) in [6, 6.07) is 1.61. The van der Waals surface area contributed by atoms with Gasteiger partial charge in [0, 0.05) is 27.8 Å². The van der Waals surface area contributed by atoms with Crippen molar-refractivity contribution >= 4 is 35.1 Å². The Hall–Kier alpha value is -5.38. The molecule has 2 aromatic rings. The van der Waals surface area contributed by atoms with Crippen LogP contribution in [0.3, 0.4) is 0 Å². The second-order valence-electron chi connectivity index (χ2n) is 11.8. The molecule has 0 bridgehead atoms. The molecule has 0 amide bonds. The van der Waals surface area contributed by atoms with Crippen molar-refractivity contribution in [1.82, 2.24) is 0 Å². The third-order valence-corrected chi connectivity index (χ3v) is 9.16. The van der Waals surface area contributed by atoms with Gasteiger partial charge in [-0.25, -0.2) is 0 Å². The van der Waals surface area contributed by atoms with E-state index >= 15 is 0 Å². The van der Waals surface area contributed by atoms with Gasteiger partial charge in [0.2, 0.25) is 0 Å². The molecule has 0 radical (unpaired) electrons. The summed E-state index contributed by atoms with van der Waals surface area (Å²) in [4.78, 5) is 78.3. The third-order valence-electron chi connectivity index (χ3n) is 9.16. The number of fused-ring (bicyclic) bond motifs is 4. The maximum absolute atomic E-state index is 13.9. The van der Waals surface area contributed by atoms with Crippen molar-refractivity contribution in [3.05, 3.63) is 56.7 Å². The number of esters is 1. The lowest BCUT2D eigenvalue weighted by Crippen LogP contribution is -2.47. The van der Waals surface area contributed by atoms with E-state index in [0.29, 0.717) is 0 Å². The molecule has 2 aliphatic carbocycles. The number of carboxylic acid groups (broad SMARTS) is 1. The maximum atomic E-state index is 13.9. The Kier molecular flexibility index (Phi) is 6.48. The summed E-state index contributed by atoms with van der Waals surface area (Å²) in [5.74, 6) is -9.70. The van der Waals surface area contributed by atoms with Crippen LogP contribution in [0.4, 0.5) is 0 Å². The fraction of sp³-hybridized carbons (Fsp3) is 0.312. The number of phenols is 4. The molecule has 3 aliphatic heterocycles. The van der Waals surface area contributed by atoms with E-state index in [2.05, 4.69) is 0 Å². The zero-order valence-electron chi connectivity index (χ0n) is 24.4. The molecule has 1 fully saturated rings. The van der Waals surface area contributed by atoms with E-state index in [1.54, 1.807) is 0 Å². The van der Waals surface area contributed by atoms with Gasteiger partial charge >= 0.3 is 11.9 Å². The van der Waals surface area contributed by atoms with E-state index < -0.39 is 140 Å². The minimum Gasteiger partial charge on any atom is -0.507 e. The first kappa shape index (κ1) is 30.3. The summed E-state index contributed by atoms with van der Waals surface area (Å²) >= 11 is 0. The van der Waals surface area contributed by atoms with Crippen LogP contribution in [0, 0.1) is 0 Å². The molecule has 242 valence electrons. The molecule has 3 heterocycles. The van der Waals surface area contributed by atoms with Crippen LogP contribution in [-0.4, -0.2) is 102 Å². The number of aliphatic hydroxyl groups excluding tert-OH is 1. The Bertz CT molecular complexity index is 2000. The molecule has 15 nitrogen and oxygen atoms in total. The lowest BCUT2D eigenvalue weighted by atomic mass is 9.74. The number of carbonyl (C=O) groups excluding carboxylic acids is 5. The van der Waals surface area contributed by atoms with Crippen LogP contribution in [0.2, 0.25) is 0 Å². The molecule has 2 aromatic carbocycles. The van der Waals surface area contributed by atoms with Gasteiger partial charge in [-0.1, -0.05) is 0 Å². The summed E-state index contributed by atoms with van der Waals surface area (Å²) in [5.41, 5.74) is -5.17. The quantitative estimate of drug-likeness (QED) is 0.202. The standard InChI is InChI=1S/C32H24O15/c1-7-17-21(27(40)13(45-7)5-15(35)36)30(43)22-19(28(17)41)11(33)3-9(25(22)38)10-4-12(34)20-23(26(10)39)31(44)24-18(29(20)42)8(2)46-14-6-16(37)47-32(14)24/h3-4,7-8,13-14,27,32-34,38-40H,5-6H2,1-2H3,(H,35,36). The lowest BCUT2D eigenvalue weighted by molar-refractivity contribution is -0.144. The van der Waals surface area contributed by atoms with Crippen molar-refractivity contribution in [1.29, 1.82) is 0 Å². The Labute approximate surface area is 262 Å². The molecule has 0 spiro atoms. The van der Waals surface area contributed by atoms with Gasteiger partial charge in [0.05, 0.1) is 59.0 Å². The number of aromatic hydroxyl groups is 4. The molecule has 0 aromatic heterocycles. The Balaban J connectivity index is 1.39. The highest BCUT2D eigenvalue weighted by atomic mass is 16.6. The number of phenolic OH excluding ortho intramolecular Hbond substituents is 4. The molecule has 6 N–H and O–H groups in total. The number of carboxylic acids is 1. The number of hydrogen-bond donors (Lipinski definition) is 6. The number of carbonyl (C=O) groups is 6. The first-order valence-electron chi connectivity index (χ1n) is 14.4. The van der Waals surface area contributed by atoms with Gasteiger partial charge in [-0.3, -0.25) is 28.8 Å². The molecule has 47 heavy (non-hydrogen) atoms. The summed E-state index contributed by atoms with van der Waals surface area (Å²) in [5, 5.41) is 65.1. The lowest BCUT2D eigenvalue weighted by Gasteiger charge is -2.37. The predicted molar refractivity (Wildman–Crippen MR) is 151 cm³/mol. The number of Topliss-reactive ketones (excluding diaryl/α,β-unsaturated/α-hetero) is 4. The fourth-order valence-corrected chi connectivity index (χ4v) is 7.19. The first-order valence-corrected chi connectivity index (χ1v) is 14.4. The highest BCUT2D eigenvalue weighted by Crippen LogP contribution is 2.52. The van der Waals surface area contributed by atoms with Crippen LogP contribution in [-0.2, 0) is 23.8 Å². The number of ether oxygens (including phenoxy) is 3. The normalized spacial score (nSPS) is 28.0. The van der Waals surface area contributed by atoms with Crippen LogP contribution in [0.1, 0.15) is 68.1 Å². The highest BCUT2D eigenvalue weighted by Gasteiger charge is 2.53. The monoisotopic (exact) mass is 648 g/mol. The highest BCUT2D eigenvalue weighted by molar-refractivity contribution is 6.32. The second-order valence-corrected chi connectivity index (χ2v) is 11.8. The number of aliphatic carboxylic acids is 1. The van der Waals surface area contributed by atoms with Crippen molar-refractivity contribution in [2.24, 2.45) is 0 Å². The Morgan fingerprint density at radius 1 is 0.723 bits per heavy atom. The van der Waals surface area contributed by atoms with Crippen molar-refractivity contribution < 1.29 is 73.6 Å². The van der Waals surface area contributed by atoms with E-state index in [1.165, 1.54) is 13.8 Å². The van der Waals surface area contributed by atoms with Gasteiger partial charge < -0.3 is 44.8 Å². The molecular weight excluding hydrogens is 624 g/mol. The number of rotatable bonds is 3. The van der Waals surface area contributed by atoms with Crippen molar-refractivity contribution in [2.75, 3.05) is 0 Å². The van der Waals surface area contributed by atoms with Crippen LogP contribution in [0.25, 0.3) is 11.1 Å². The molecule has 15 heteroatoms. The second kappa shape index (κ2) is 10.1. The van der Waals surface area contributed by atoms with Crippen molar-refractivity contribution in [3.8, 4) is 34.1 Å². The zero-order chi connectivity index (χ0) is 34.0. The van der Waals surface area contributed by atoms with E-state index in [0.717, 1.165) is 12.1 Å². The minimum atomic E-state index is -1.91. The largest absolute Gasteiger partial charge is 0.507 e. The van der Waals surface area contributed by atoms with Gasteiger partial charge in [-0.05, 0) is 26.0 Å². The summed E-state index contributed by atoms with van der Waals surface area (Å²) in [6.45, 7) is 2.82. The van der Waals surface area contributed by atoms with Gasteiger partial charge in [-0.2, -0.15) is 0 Å². The van der Waals surface area contributed by atoms with Crippen LogP contribution < -0.4 is 0 Å². The van der Waals surface area contributed by atoms with E-state index in [-0.39, 0.29) is 23.1 Å². The SMILES string of the molecule is CC1OC(CC(=O)O)C(O)C2=C1C(=O)c1c(O)cc(-c3cc(O)c4c(c3O)C(=O)C3=C(C4=O)C(C)OC4CC(=O)OC34)c(O)c1C2=O. The first-order chi connectivity index (χ1) is 22.1. The molecule has 6 atom stereocenters. The molecule has 6 unspecified atom stereocenters. The Morgan fingerprint density at radius 3 is 1.72 bits per heavy atom. The van der Waals surface area contributed by atoms with Crippen LogP contribution in [0.15, 0.2) is 34.4 Å². The molecular formula is C32H24O15. The average molecular weight is 649 g/mol. The van der Waals surface area contributed by atoms with Gasteiger partial charge in [0.1, 0.15) is 35.2 Å². The van der Waals surface area contributed by atoms with Gasteiger partial charge in [0.15, 0.2) is 29.2 Å². The summed E-state index contributed by atoms with van der Waals surface area (Å²) in [7, 11) is 0. The van der Waals surface area contributed by atoms with Gasteiger partial charge in [-0.15, -0.1) is 0 Å². The van der Waals surface area contributed by atoms with E-state index in [9.17, 15) is 59.4 Å². The third kappa shape index (κ3) is 4.03. The number of benzene rings is 2. The van der Waals surface area contributed by atoms with Crippen LogP contribution >= 0.6 is 0 Å².